The van der Waals surface area contributed by atoms with Crippen LogP contribution in [0.5, 0.6) is 0 Å². The van der Waals surface area contributed by atoms with Gasteiger partial charge in [0.1, 0.15) is 0 Å². The number of hydrogen-bond acceptors (Lipinski definition) is 2. The third kappa shape index (κ3) is 4.71. The van der Waals surface area contributed by atoms with E-state index in [2.05, 4.69) is 12.2 Å². The molecular formula is C12H25ClN2O. The highest BCUT2D eigenvalue weighted by molar-refractivity contribution is 5.85. The molecule has 1 fully saturated rings. The first-order valence-electron chi connectivity index (χ1n) is 6.06. The molecule has 1 aliphatic carbocycles. The van der Waals surface area contributed by atoms with E-state index in [1.54, 1.807) is 0 Å². The molecule has 96 valence electrons. The van der Waals surface area contributed by atoms with Gasteiger partial charge < -0.3 is 11.1 Å². The minimum atomic E-state index is -0.357. The van der Waals surface area contributed by atoms with Crippen molar-refractivity contribution in [2.24, 2.45) is 17.6 Å². The monoisotopic (exact) mass is 248 g/mol. The molecule has 3 N–H and O–H groups in total. The van der Waals surface area contributed by atoms with E-state index in [9.17, 15) is 4.79 Å². The summed E-state index contributed by atoms with van der Waals surface area (Å²) in [7, 11) is 0. The van der Waals surface area contributed by atoms with Gasteiger partial charge in [0.2, 0.25) is 5.91 Å². The molecule has 0 bridgehead atoms. The van der Waals surface area contributed by atoms with Gasteiger partial charge in [-0.1, -0.05) is 20.8 Å². The lowest BCUT2D eigenvalue weighted by Gasteiger charge is -2.28. The molecule has 1 amide bonds. The molecule has 0 heterocycles. The Morgan fingerprint density at radius 1 is 1.25 bits per heavy atom. The van der Waals surface area contributed by atoms with Gasteiger partial charge in [0.05, 0.1) is 6.04 Å². The summed E-state index contributed by atoms with van der Waals surface area (Å²) in [5.74, 6) is 1.05. The first-order valence-corrected chi connectivity index (χ1v) is 6.06. The third-order valence-electron chi connectivity index (χ3n) is 3.38. The number of carbonyl (C=O) groups is 1. The minimum Gasteiger partial charge on any atom is -0.352 e. The van der Waals surface area contributed by atoms with Gasteiger partial charge >= 0.3 is 0 Å². The normalized spacial score (nSPS) is 27.1. The highest BCUT2D eigenvalue weighted by atomic mass is 35.5. The predicted octanol–water partition coefficient (Wildman–Crippen LogP) is 2.09. The maximum Gasteiger partial charge on any atom is 0.237 e. The molecule has 1 atom stereocenters. The summed E-state index contributed by atoms with van der Waals surface area (Å²) < 4.78 is 0. The number of halogens is 1. The number of carbonyl (C=O) groups excluding carboxylic acids is 1. The zero-order chi connectivity index (χ0) is 11.4. The van der Waals surface area contributed by atoms with Gasteiger partial charge in [-0.05, 0) is 37.5 Å². The summed E-state index contributed by atoms with van der Waals surface area (Å²) in [6.45, 7) is 6.23. The van der Waals surface area contributed by atoms with Crippen LogP contribution in [0.4, 0.5) is 0 Å². The molecule has 4 heteroatoms. The van der Waals surface area contributed by atoms with Gasteiger partial charge in [0.25, 0.3) is 0 Å². The molecule has 0 aromatic rings. The van der Waals surface area contributed by atoms with E-state index in [1.165, 1.54) is 12.8 Å². The molecule has 1 aliphatic rings. The van der Waals surface area contributed by atoms with Crippen LogP contribution in [0, 0.1) is 11.8 Å². The van der Waals surface area contributed by atoms with Crippen molar-refractivity contribution >= 4 is 18.3 Å². The zero-order valence-electron chi connectivity index (χ0n) is 10.5. The molecule has 0 spiro atoms. The van der Waals surface area contributed by atoms with Gasteiger partial charge in [0.15, 0.2) is 0 Å². The lowest BCUT2D eigenvalue weighted by molar-refractivity contribution is -0.124. The number of nitrogens with one attached hydrogen (secondary N) is 1. The van der Waals surface area contributed by atoms with Crippen LogP contribution in [0.15, 0.2) is 0 Å². The predicted molar refractivity (Wildman–Crippen MR) is 69.6 cm³/mol. The van der Waals surface area contributed by atoms with Crippen molar-refractivity contribution in [2.75, 3.05) is 0 Å². The molecule has 1 saturated carbocycles. The Morgan fingerprint density at radius 3 is 2.19 bits per heavy atom. The standard InChI is InChI=1S/C12H24N2O.ClH/c1-8(2)11(13)12(15)14-10-6-4-9(3)5-7-10;/h8-11H,4-7,13H2,1-3H3,(H,14,15);1H/t9?,10?,11-;/m0./s1. The Labute approximate surface area is 105 Å². The van der Waals surface area contributed by atoms with Crippen molar-refractivity contribution in [3.8, 4) is 0 Å². The van der Waals surface area contributed by atoms with E-state index in [-0.39, 0.29) is 30.3 Å². The van der Waals surface area contributed by atoms with E-state index in [0.717, 1.165) is 18.8 Å². The summed E-state index contributed by atoms with van der Waals surface area (Å²) >= 11 is 0. The lowest BCUT2D eigenvalue weighted by atomic mass is 9.87. The Kier molecular flexibility index (Phi) is 7.00. The van der Waals surface area contributed by atoms with E-state index < -0.39 is 0 Å². The lowest BCUT2D eigenvalue weighted by Crippen LogP contribution is -2.48. The molecule has 0 saturated heterocycles. The zero-order valence-corrected chi connectivity index (χ0v) is 11.3. The quantitative estimate of drug-likeness (QED) is 0.804. The van der Waals surface area contributed by atoms with Crippen molar-refractivity contribution in [3.63, 3.8) is 0 Å². The summed E-state index contributed by atoms with van der Waals surface area (Å²) in [5, 5.41) is 3.06. The SMILES string of the molecule is CC1CCC(NC(=O)[C@@H](N)C(C)C)CC1.Cl. The molecular weight excluding hydrogens is 224 g/mol. The van der Waals surface area contributed by atoms with E-state index in [1.807, 2.05) is 13.8 Å². The highest BCUT2D eigenvalue weighted by Crippen LogP contribution is 2.23. The van der Waals surface area contributed by atoms with Gasteiger partial charge in [-0.15, -0.1) is 12.4 Å². The van der Waals surface area contributed by atoms with Gasteiger partial charge in [-0.25, -0.2) is 0 Å². The first kappa shape index (κ1) is 15.7. The van der Waals surface area contributed by atoms with Crippen LogP contribution in [0.3, 0.4) is 0 Å². The Bertz CT molecular complexity index is 213. The maximum absolute atomic E-state index is 11.7. The number of amides is 1. The van der Waals surface area contributed by atoms with Crippen LogP contribution in [0.25, 0.3) is 0 Å². The van der Waals surface area contributed by atoms with Crippen LogP contribution in [0.2, 0.25) is 0 Å². The van der Waals surface area contributed by atoms with Crippen molar-refractivity contribution < 1.29 is 4.79 Å². The van der Waals surface area contributed by atoms with E-state index >= 15 is 0 Å². The average molecular weight is 249 g/mol. The summed E-state index contributed by atoms with van der Waals surface area (Å²) in [5.41, 5.74) is 5.79. The topological polar surface area (TPSA) is 55.1 Å². The smallest absolute Gasteiger partial charge is 0.237 e. The largest absolute Gasteiger partial charge is 0.352 e. The van der Waals surface area contributed by atoms with Crippen LogP contribution < -0.4 is 11.1 Å². The highest BCUT2D eigenvalue weighted by Gasteiger charge is 2.23. The van der Waals surface area contributed by atoms with Crippen molar-refractivity contribution in [3.05, 3.63) is 0 Å². The molecule has 0 aliphatic heterocycles. The second-order valence-electron chi connectivity index (χ2n) is 5.24. The Hall–Kier alpha value is -0.280. The van der Waals surface area contributed by atoms with Crippen LogP contribution in [0.1, 0.15) is 46.5 Å². The molecule has 16 heavy (non-hydrogen) atoms. The fraction of sp³-hybridized carbons (Fsp3) is 0.917. The second kappa shape index (κ2) is 7.13. The maximum atomic E-state index is 11.7. The minimum absolute atomic E-state index is 0. The fourth-order valence-corrected chi connectivity index (χ4v) is 2.00. The summed E-state index contributed by atoms with van der Waals surface area (Å²) in [4.78, 5) is 11.7. The van der Waals surface area contributed by atoms with Gasteiger partial charge in [-0.2, -0.15) is 0 Å². The number of hydrogen-bond donors (Lipinski definition) is 2. The molecule has 0 aromatic heterocycles. The van der Waals surface area contributed by atoms with Crippen LogP contribution >= 0.6 is 12.4 Å². The first-order chi connectivity index (χ1) is 7.00. The molecule has 0 radical (unpaired) electrons. The van der Waals surface area contributed by atoms with E-state index in [4.69, 9.17) is 5.73 Å². The molecule has 1 rings (SSSR count). The Balaban J connectivity index is 0.00000225. The average Bonchev–Trinajstić information content (AvgIpc) is 2.20. The van der Waals surface area contributed by atoms with Crippen molar-refractivity contribution in [2.45, 2.75) is 58.5 Å². The van der Waals surface area contributed by atoms with Crippen molar-refractivity contribution in [1.82, 2.24) is 5.32 Å². The van der Waals surface area contributed by atoms with Gasteiger partial charge in [0, 0.05) is 6.04 Å². The number of nitrogens with two attached hydrogens (primary N) is 1. The molecule has 3 nitrogen and oxygen atoms in total. The Morgan fingerprint density at radius 2 is 1.75 bits per heavy atom. The van der Waals surface area contributed by atoms with Crippen molar-refractivity contribution in [1.29, 1.82) is 0 Å². The molecule has 0 aromatic carbocycles. The van der Waals surface area contributed by atoms with Gasteiger partial charge in [-0.3, -0.25) is 4.79 Å². The third-order valence-corrected chi connectivity index (χ3v) is 3.38. The summed E-state index contributed by atoms with van der Waals surface area (Å²) in [6.07, 6.45) is 4.67. The number of rotatable bonds is 3. The van der Waals surface area contributed by atoms with Crippen LogP contribution in [-0.2, 0) is 4.79 Å². The fourth-order valence-electron chi connectivity index (χ4n) is 2.00. The molecule has 0 unspecified atom stereocenters. The second-order valence-corrected chi connectivity index (χ2v) is 5.24. The summed E-state index contributed by atoms with van der Waals surface area (Å²) in [6, 6.07) is 0.00264. The van der Waals surface area contributed by atoms with Crippen LogP contribution in [-0.4, -0.2) is 18.0 Å². The van der Waals surface area contributed by atoms with E-state index in [0.29, 0.717) is 6.04 Å².